The van der Waals surface area contributed by atoms with Gasteiger partial charge in [0.1, 0.15) is 23.3 Å². The zero-order valence-electron chi connectivity index (χ0n) is 17.1. The second kappa shape index (κ2) is 7.28. The van der Waals surface area contributed by atoms with Crippen molar-refractivity contribution in [3.63, 3.8) is 0 Å². The average Bonchev–Trinajstić information content (AvgIpc) is 2.65. The molecule has 0 unspecified atom stereocenters. The highest BCUT2D eigenvalue weighted by Gasteiger charge is 2.18. The molecule has 4 aromatic carbocycles. The summed E-state index contributed by atoms with van der Waals surface area (Å²) in [7, 11) is 0. The molecule has 0 aromatic heterocycles. The third-order valence-corrected chi connectivity index (χ3v) is 5.55. The van der Waals surface area contributed by atoms with Gasteiger partial charge in [0.05, 0.1) is 5.56 Å². The molecule has 0 amide bonds. The highest BCUT2D eigenvalue weighted by molar-refractivity contribution is 5.89. The van der Waals surface area contributed by atoms with Crippen molar-refractivity contribution in [1.82, 2.24) is 0 Å². The van der Waals surface area contributed by atoms with Gasteiger partial charge in [-0.2, -0.15) is 0 Å². The molecular formula is C26H20F4. The van der Waals surface area contributed by atoms with Crippen molar-refractivity contribution in [2.75, 3.05) is 0 Å². The molecule has 4 aromatic rings. The van der Waals surface area contributed by atoms with Gasteiger partial charge in [-0.15, -0.1) is 0 Å². The van der Waals surface area contributed by atoms with Crippen LogP contribution in [0.3, 0.4) is 0 Å². The van der Waals surface area contributed by atoms with Crippen LogP contribution in [-0.2, 0) is 0 Å². The Bertz CT molecular complexity index is 1270. The van der Waals surface area contributed by atoms with Gasteiger partial charge < -0.3 is 0 Å². The van der Waals surface area contributed by atoms with Gasteiger partial charge in [-0.05, 0) is 85.2 Å². The molecule has 152 valence electrons. The molecule has 4 heteroatoms. The topological polar surface area (TPSA) is 0 Å². The molecule has 0 aliphatic carbocycles. The Morgan fingerprint density at radius 1 is 0.567 bits per heavy atom. The molecule has 0 nitrogen and oxygen atoms in total. The Kier molecular flexibility index (Phi) is 4.89. The van der Waals surface area contributed by atoms with Crippen molar-refractivity contribution in [2.24, 2.45) is 0 Å². The van der Waals surface area contributed by atoms with E-state index in [0.717, 1.165) is 22.3 Å². The first-order valence-corrected chi connectivity index (χ1v) is 9.63. The second-order valence-corrected chi connectivity index (χ2v) is 7.82. The van der Waals surface area contributed by atoms with Crippen molar-refractivity contribution in [3.05, 3.63) is 94.1 Å². The van der Waals surface area contributed by atoms with Gasteiger partial charge in [0.25, 0.3) is 0 Å². The Balaban J connectivity index is 1.88. The number of halogens is 4. The van der Waals surface area contributed by atoms with E-state index in [-0.39, 0.29) is 27.5 Å². The van der Waals surface area contributed by atoms with Crippen LogP contribution in [0.2, 0.25) is 0 Å². The minimum atomic E-state index is -0.725. The predicted molar refractivity (Wildman–Crippen MR) is 114 cm³/mol. The van der Waals surface area contributed by atoms with E-state index in [1.54, 1.807) is 0 Å². The lowest BCUT2D eigenvalue weighted by Gasteiger charge is -2.14. The number of benzene rings is 4. The molecule has 0 heterocycles. The molecule has 30 heavy (non-hydrogen) atoms. The van der Waals surface area contributed by atoms with E-state index in [4.69, 9.17) is 0 Å². The highest BCUT2D eigenvalue weighted by atomic mass is 19.1. The summed E-state index contributed by atoms with van der Waals surface area (Å²) in [4.78, 5) is 0. The van der Waals surface area contributed by atoms with Crippen molar-refractivity contribution in [3.8, 4) is 22.3 Å². The molecular weight excluding hydrogens is 388 g/mol. The minimum Gasteiger partial charge on any atom is -0.207 e. The van der Waals surface area contributed by atoms with Crippen LogP contribution in [0.15, 0.2) is 48.5 Å². The van der Waals surface area contributed by atoms with Gasteiger partial charge >= 0.3 is 0 Å². The van der Waals surface area contributed by atoms with Crippen molar-refractivity contribution in [2.45, 2.75) is 27.7 Å². The molecule has 0 saturated heterocycles. The monoisotopic (exact) mass is 408 g/mol. The van der Waals surface area contributed by atoms with Gasteiger partial charge in [-0.3, -0.25) is 0 Å². The second-order valence-electron chi connectivity index (χ2n) is 7.82. The lowest BCUT2D eigenvalue weighted by Crippen LogP contribution is -1.96. The van der Waals surface area contributed by atoms with Crippen LogP contribution in [0.5, 0.6) is 0 Å². The standard InChI is InChI=1S/C26H20F4/c1-13-7-14(2)24(15(3)8-13)19-11-22(28)25(23(29)12-19)17-5-6-20-18(9-17)10-21(27)16(4)26(20)30/h5-12H,1-4H3. The first kappa shape index (κ1) is 20.1. The molecule has 0 bridgehead atoms. The van der Waals surface area contributed by atoms with Gasteiger partial charge in [-0.25, -0.2) is 17.6 Å². The summed E-state index contributed by atoms with van der Waals surface area (Å²) < 4.78 is 58.4. The largest absolute Gasteiger partial charge is 0.207 e. The van der Waals surface area contributed by atoms with Crippen molar-refractivity contribution < 1.29 is 17.6 Å². The van der Waals surface area contributed by atoms with Crippen LogP contribution in [-0.4, -0.2) is 0 Å². The Morgan fingerprint density at radius 2 is 1.17 bits per heavy atom. The highest BCUT2D eigenvalue weighted by Crippen LogP contribution is 2.36. The van der Waals surface area contributed by atoms with Crippen molar-refractivity contribution in [1.29, 1.82) is 0 Å². The van der Waals surface area contributed by atoms with Crippen LogP contribution in [0.25, 0.3) is 33.0 Å². The summed E-state index contributed by atoms with van der Waals surface area (Å²) in [6, 6.07) is 12.0. The summed E-state index contributed by atoms with van der Waals surface area (Å²) >= 11 is 0. The zero-order valence-corrected chi connectivity index (χ0v) is 17.1. The van der Waals surface area contributed by atoms with Crippen LogP contribution < -0.4 is 0 Å². The Morgan fingerprint density at radius 3 is 1.77 bits per heavy atom. The van der Waals surface area contributed by atoms with Gasteiger partial charge in [0.15, 0.2) is 0 Å². The fourth-order valence-corrected chi connectivity index (χ4v) is 4.22. The SMILES string of the molecule is Cc1cc(C)c(-c2cc(F)c(-c3ccc4c(F)c(C)c(F)cc4c3)c(F)c2)c(C)c1. The maximum Gasteiger partial charge on any atom is 0.136 e. The molecule has 0 aliphatic heterocycles. The number of aryl methyl sites for hydroxylation is 3. The quantitative estimate of drug-likeness (QED) is 0.295. The number of hydrogen-bond donors (Lipinski definition) is 0. The fourth-order valence-electron chi connectivity index (χ4n) is 4.22. The van der Waals surface area contributed by atoms with Crippen molar-refractivity contribution >= 4 is 10.8 Å². The first-order chi connectivity index (χ1) is 14.2. The average molecular weight is 408 g/mol. The van der Waals surface area contributed by atoms with Crippen LogP contribution in [0.4, 0.5) is 17.6 Å². The Hall–Kier alpha value is -3.14. The summed E-state index contributed by atoms with van der Waals surface area (Å²) in [5.74, 6) is -2.81. The molecule has 0 atom stereocenters. The maximum absolute atomic E-state index is 15.1. The predicted octanol–water partition coefficient (Wildman–Crippen LogP) is 7.96. The van der Waals surface area contributed by atoms with E-state index in [2.05, 4.69) is 0 Å². The maximum atomic E-state index is 15.1. The molecule has 4 rings (SSSR count). The third-order valence-electron chi connectivity index (χ3n) is 5.55. The fraction of sp³-hybridized carbons (Fsp3) is 0.154. The van der Waals surface area contributed by atoms with Gasteiger partial charge in [0.2, 0.25) is 0 Å². The van der Waals surface area contributed by atoms with E-state index in [1.807, 2.05) is 32.9 Å². The van der Waals surface area contributed by atoms with Gasteiger partial charge in [-0.1, -0.05) is 29.8 Å². The molecule has 0 radical (unpaired) electrons. The van der Waals surface area contributed by atoms with Crippen LogP contribution in [0.1, 0.15) is 22.3 Å². The lowest BCUT2D eigenvalue weighted by molar-refractivity contribution is 0.577. The molecule has 0 saturated carbocycles. The molecule has 0 fully saturated rings. The van der Waals surface area contributed by atoms with E-state index in [1.165, 1.54) is 43.3 Å². The van der Waals surface area contributed by atoms with E-state index in [9.17, 15) is 8.78 Å². The summed E-state index contributed by atoms with van der Waals surface area (Å²) in [5, 5.41) is 0.460. The third kappa shape index (κ3) is 3.26. The van der Waals surface area contributed by atoms with Gasteiger partial charge in [0, 0.05) is 10.9 Å². The van der Waals surface area contributed by atoms with E-state index in [0.29, 0.717) is 5.56 Å². The smallest absolute Gasteiger partial charge is 0.136 e. The summed E-state index contributed by atoms with van der Waals surface area (Å²) in [6.07, 6.45) is 0. The van der Waals surface area contributed by atoms with E-state index >= 15 is 8.78 Å². The van der Waals surface area contributed by atoms with E-state index < -0.39 is 23.3 Å². The zero-order chi connectivity index (χ0) is 21.7. The van der Waals surface area contributed by atoms with Crippen LogP contribution in [0, 0.1) is 51.0 Å². The molecule has 0 N–H and O–H groups in total. The Labute approximate surface area is 172 Å². The number of rotatable bonds is 2. The number of hydrogen-bond acceptors (Lipinski definition) is 0. The lowest BCUT2D eigenvalue weighted by atomic mass is 9.91. The normalized spacial score (nSPS) is 11.3. The van der Waals surface area contributed by atoms with Crippen LogP contribution >= 0.6 is 0 Å². The minimum absolute atomic E-state index is 0.0826. The first-order valence-electron chi connectivity index (χ1n) is 9.63. The number of fused-ring (bicyclic) bond motifs is 1. The molecule has 0 spiro atoms. The summed E-state index contributed by atoms with van der Waals surface area (Å²) in [5.41, 5.74) is 4.13. The molecule has 0 aliphatic rings. The summed E-state index contributed by atoms with van der Waals surface area (Å²) in [6.45, 7) is 7.15.